The highest BCUT2D eigenvalue weighted by atomic mass is 28.3. The molecule has 1 nitrogen and oxygen atoms in total. The maximum absolute atomic E-state index is 2.49. The van der Waals surface area contributed by atoms with Crippen molar-refractivity contribution in [3.05, 3.63) is 59.8 Å². The largest absolute Gasteiger partial charge is 0.220 e. The van der Waals surface area contributed by atoms with Crippen LogP contribution < -0.4 is 9.75 Å². The fourth-order valence-electron chi connectivity index (χ4n) is 3.79. The molecule has 0 saturated carbocycles. The molecule has 3 aromatic rings. The number of aryl methyl sites for hydroxylation is 2. The van der Waals surface area contributed by atoms with Crippen LogP contribution in [0.3, 0.4) is 0 Å². The van der Waals surface area contributed by atoms with E-state index >= 15 is 0 Å². The Kier molecular flexibility index (Phi) is 5.31. The predicted octanol–water partition coefficient (Wildman–Crippen LogP) is 6.26. The number of hydrogen-bond acceptors (Lipinski definition) is 0. The van der Waals surface area contributed by atoms with Gasteiger partial charge in [0.1, 0.15) is 7.05 Å². The van der Waals surface area contributed by atoms with E-state index in [1.165, 1.54) is 33.2 Å². The van der Waals surface area contributed by atoms with Gasteiger partial charge in [0.25, 0.3) is 0 Å². The molecule has 1 aromatic heterocycles. The molecular weight excluding hydrogens is 354 g/mol. The van der Waals surface area contributed by atoms with Gasteiger partial charge in [-0.25, -0.2) is 4.57 Å². The van der Waals surface area contributed by atoms with Crippen molar-refractivity contribution in [2.45, 2.75) is 65.6 Å². The maximum atomic E-state index is 2.49. The third-order valence-electron chi connectivity index (χ3n) is 6.68. The molecule has 1 heterocycles. The van der Waals surface area contributed by atoms with Crippen LogP contribution in [0.15, 0.2) is 48.7 Å². The molecule has 0 saturated heterocycles. The molecule has 2 aromatic carbocycles. The van der Waals surface area contributed by atoms with E-state index in [-0.39, 0.29) is 5.41 Å². The summed E-state index contributed by atoms with van der Waals surface area (Å²) in [6, 6.07) is 16.4. The summed E-state index contributed by atoms with van der Waals surface area (Å²) in [6.07, 6.45) is 2.22. The van der Waals surface area contributed by atoms with Gasteiger partial charge in [0.15, 0.2) is 6.20 Å². The molecule has 0 aliphatic rings. The molecule has 0 aliphatic heterocycles. The van der Waals surface area contributed by atoms with Crippen LogP contribution in [0, 0.1) is 6.92 Å². The molecule has 0 unspecified atom stereocenters. The zero-order chi connectivity index (χ0) is 20.9. The minimum atomic E-state index is -1.44. The Bertz CT molecular complexity index is 1020. The summed E-state index contributed by atoms with van der Waals surface area (Å²) in [6.45, 7) is 18.8. The molecule has 148 valence electrons. The predicted molar refractivity (Wildman–Crippen MR) is 126 cm³/mol. The molecule has 0 radical (unpaired) electrons. The minimum absolute atomic E-state index is 0.145. The summed E-state index contributed by atoms with van der Waals surface area (Å²) >= 11 is 0. The first-order chi connectivity index (χ1) is 12.9. The van der Waals surface area contributed by atoms with Gasteiger partial charge in [-0.1, -0.05) is 77.2 Å². The van der Waals surface area contributed by atoms with Gasteiger partial charge >= 0.3 is 0 Å². The molecule has 0 bridgehead atoms. The third kappa shape index (κ3) is 3.67. The molecule has 0 N–H and O–H groups in total. The van der Waals surface area contributed by atoms with Crippen molar-refractivity contribution in [3.63, 3.8) is 0 Å². The number of rotatable bonds is 3. The summed E-state index contributed by atoms with van der Waals surface area (Å²) in [5, 5.41) is 4.25. The Morgan fingerprint density at radius 1 is 0.929 bits per heavy atom. The second-order valence-electron chi connectivity index (χ2n) is 10.2. The van der Waals surface area contributed by atoms with Crippen molar-refractivity contribution in [3.8, 4) is 11.3 Å². The van der Waals surface area contributed by atoms with Crippen LogP contribution in [0.25, 0.3) is 22.0 Å². The third-order valence-corrected chi connectivity index (χ3v) is 11.4. The number of pyridine rings is 1. The molecular formula is C26H36NSi+. The molecule has 0 atom stereocenters. The van der Waals surface area contributed by atoms with E-state index in [2.05, 4.69) is 115 Å². The van der Waals surface area contributed by atoms with Crippen molar-refractivity contribution < 1.29 is 4.57 Å². The molecule has 0 spiro atoms. The van der Waals surface area contributed by atoms with E-state index in [0.717, 1.165) is 5.54 Å². The Hall–Kier alpha value is -1.93. The van der Waals surface area contributed by atoms with E-state index < -0.39 is 8.07 Å². The summed E-state index contributed by atoms with van der Waals surface area (Å²) in [7, 11) is 0.730. The second kappa shape index (κ2) is 7.15. The van der Waals surface area contributed by atoms with Crippen molar-refractivity contribution in [2.24, 2.45) is 7.05 Å². The van der Waals surface area contributed by atoms with Gasteiger partial charge in [-0.2, -0.15) is 0 Å². The van der Waals surface area contributed by atoms with Crippen molar-refractivity contribution >= 4 is 24.0 Å². The first kappa shape index (κ1) is 20.8. The molecule has 3 rings (SSSR count). The van der Waals surface area contributed by atoms with Gasteiger partial charge < -0.3 is 0 Å². The van der Waals surface area contributed by atoms with Gasteiger partial charge in [0.2, 0.25) is 5.69 Å². The summed E-state index contributed by atoms with van der Waals surface area (Å²) in [4.78, 5) is 0. The molecule has 28 heavy (non-hydrogen) atoms. The van der Waals surface area contributed by atoms with Crippen LogP contribution in [0.1, 0.15) is 45.7 Å². The van der Waals surface area contributed by atoms with Crippen molar-refractivity contribution in [1.82, 2.24) is 0 Å². The Morgan fingerprint density at radius 3 is 2.21 bits per heavy atom. The zero-order valence-corrected chi connectivity index (χ0v) is 20.1. The highest BCUT2D eigenvalue weighted by Crippen LogP contribution is 2.32. The number of aromatic nitrogens is 1. The SMILES string of the molecule is Cc1ccc(C(C)(C)C)cc1-c1c2ccc([Si](C)(C)C(C)C)cc2cc[n+]1C. The number of fused-ring (bicyclic) bond motifs is 1. The quantitative estimate of drug-likeness (QED) is 0.367. The van der Waals surface area contributed by atoms with E-state index in [9.17, 15) is 0 Å². The monoisotopic (exact) mass is 390 g/mol. The van der Waals surface area contributed by atoms with Crippen LogP contribution in [0.5, 0.6) is 0 Å². The average molecular weight is 391 g/mol. The van der Waals surface area contributed by atoms with Crippen LogP contribution in [-0.2, 0) is 12.5 Å². The lowest BCUT2D eigenvalue weighted by Crippen LogP contribution is -2.44. The van der Waals surface area contributed by atoms with Gasteiger partial charge in [-0.05, 0) is 46.5 Å². The summed E-state index contributed by atoms with van der Waals surface area (Å²) < 4.78 is 2.28. The van der Waals surface area contributed by atoms with E-state index in [1.807, 2.05) is 0 Å². The Labute approximate surface area is 172 Å². The topological polar surface area (TPSA) is 3.88 Å². The fourth-order valence-corrected chi connectivity index (χ4v) is 5.49. The summed E-state index contributed by atoms with van der Waals surface area (Å²) in [5.74, 6) is 0. The summed E-state index contributed by atoms with van der Waals surface area (Å²) in [5.41, 5.74) is 6.25. The first-order valence-corrected chi connectivity index (χ1v) is 13.5. The van der Waals surface area contributed by atoms with E-state index in [1.54, 1.807) is 5.19 Å². The number of nitrogens with zero attached hydrogens (tertiary/aromatic N) is 1. The second-order valence-corrected chi connectivity index (χ2v) is 15.4. The normalized spacial score (nSPS) is 12.8. The van der Waals surface area contributed by atoms with Crippen LogP contribution in [0.2, 0.25) is 18.6 Å². The number of hydrogen-bond donors (Lipinski definition) is 0. The molecule has 0 fully saturated rings. The van der Waals surface area contributed by atoms with E-state index in [4.69, 9.17) is 0 Å². The fraction of sp³-hybridized carbons (Fsp3) is 0.423. The van der Waals surface area contributed by atoms with Crippen molar-refractivity contribution in [1.29, 1.82) is 0 Å². The Balaban J connectivity index is 2.27. The lowest BCUT2D eigenvalue weighted by Gasteiger charge is -2.27. The van der Waals surface area contributed by atoms with Gasteiger partial charge in [-0.3, -0.25) is 0 Å². The smallest absolute Gasteiger partial charge is 0.200 e. The van der Waals surface area contributed by atoms with Crippen molar-refractivity contribution in [2.75, 3.05) is 0 Å². The lowest BCUT2D eigenvalue weighted by atomic mass is 9.84. The maximum Gasteiger partial charge on any atom is 0.220 e. The van der Waals surface area contributed by atoms with Crippen LogP contribution in [0.4, 0.5) is 0 Å². The van der Waals surface area contributed by atoms with Gasteiger partial charge in [-0.15, -0.1) is 0 Å². The molecule has 0 aliphatic carbocycles. The molecule has 0 amide bonds. The van der Waals surface area contributed by atoms with Crippen LogP contribution in [-0.4, -0.2) is 8.07 Å². The van der Waals surface area contributed by atoms with Crippen LogP contribution >= 0.6 is 0 Å². The standard InChI is InChI=1S/C26H36NSi/c1-18(2)28(8,9)22-12-13-23-20(16-22)14-15-27(7)25(23)24-17-21(26(4,5)6)11-10-19(24)3/h10-18H,1-9H3/q+1. The van der Waals surface area contributed by atoms with Gasteiger partial charge in [0, 0.05) is 11.6 Å². The average Bonchev–Trinajstić information content (AvgIpc) is 2.61. The lowest BCUT2D eigenvalue weighted by molar-refractivity contribution is -0.659. The number of benzene rings is 2. The zero-order valence-electron chi connectivity index (χ0n) is 19.1. The highest BCUT2D eigenvalue weighted by Gasteiger charge is 2.28. The molecule has 2 heteroatoms. The Morgan fingerprint density at radius 2 is 1.61 bits per heavy atom. The van der Waals surface area contributed by atoms with Gasteiger partial charge in [0.05, 0.1) is 13.5 Å². The minimum Gasteiger partial charge on any atom is -0.200 e. The first-order valence-electron chi connectivity index (χ1n) is 10.5. The van der Waals surface area contributed by atoms with E-state index in [0.29, 0.717) is 0 Å². The highest BCUT2D eigenvalue weighted by molar-refractivity contribution is 6.91.